The van der Waals surface area contributed by atoms with Crippen LogP contribution in [-0.4, -0.2) is 90.2 Å². The molecular formula is C20H30N4O4. The van der Waals surface area contributed by atoms with Gasteiger partial charge in [0, 0.05) is 44.8 Å². The predicted octanol–water partition coefficient (Wildman–Crippen LogP) is 1.16. The molecule has 2 amide bonds. The normalized spacial score (nSPS) is 25.1. The summed E-state index contributed by atoms with van der Waals surface area (Å²) in [5, 5.41) is 3.81. The molecule has 0 saturated carbocycles. The second-order valence-corrected chi connectivity index (χ2v) is 8.13. The van der Waals surface area contributed by atoms with Crippen LogP contribution in [0.1, 0.15) is 41.9 Å². The van der Waals surface area contributed by atoms with E-state index < -0.39 is 0 Å². The summed E-state index contributed by atoms with van der Waals surface area (Å²) in [6.45, 7) is 7.90. The third kappa shape index (κ3) is 4.22. The van der Waals surface area contributed by atoms with E-state index in [2.05, 4.69) is 10.1 Å². The highest BCUT2D eigenvalue weighted by atomic mass is 16.5. The fourth-order valence-electron chi connectivity index (χ4n) is 4.64. The number of carbonyl (C=O) groups is 2. The maximum Gasteiger partial charge on any atom is 0.292 e. The van der Waals surface area contributed by atoms with E-state index in [1.54, 1.807) is 6.07 Å². The molecule has 0 unspecified atom stereocenters. The Labute approximate surface area is 165 Å². The number of likely N-dealkylation sites (tertiary alicyclic amines) is 2. The summed E-state index contributed by atoms with van der Waals surface area (Å²) in [7, 11) is 0. The smallest absolute Gasteiger partial charge is 0.292 e. The molecule has 0 aromatic carbocycles. The Kier molecular flexibility index (Phi) is 5.96. The highest BCUT2D eigenvalue weighted by Gasteiger charge is 2.35. The van der Waals surface area contributed by atoms with Gasteiger partial charge in [0.25, 0.3) is 5.91 Å². The van der Waals surface area contributed by atoms with Crippen LogP contribution in [0.25, 0.3) is 0 Å². The van der Waals surface area contributed by atoms with E-state index in [4.69, 9.17) is 9.26 Å². The number of rotatable bonds is 3. The number of ether oxygens (including phenoxy) is 1. The lowest BCUT2D eigenvalue weighted by Crippen LogP contribution is -2.53. The molecule has 4 rings (SSSR count). The van der Waals surface area contributed by atoms with Gasteiger partial charge in [-0.15, -0.1) is 0 Å². The first kappa shape index (κ1) is 19.4. The third-order valence-electron chi connectivity index (χ3n) is 6.23. The molecule has 28 heavy (non-hydrogen) atoms. The molecule has 3 aliphatic rings. The van der Waals surface area contributed by atoms with Gasteiger partial charge in [-0.1, -0.05) is 5.16 Å². The van der Waals surface area contributed by atoms with Crippen molar-refractivity contribution in [2.45, 2.75) is 38.6 Å². The number of hydrogen-bond acceptors (Lipinski definition) is 6. The fraction of sp³-hybridized carbons (Fsp3) is 0.750. The van der Waals surface area contributed by atoms with Crippen molar-refractivity contribution in [3.8, 4) is 0 Å². The fourth-order valence-corrected chi connectivity index (χ4v) is 4.64. The summed E-state index contributed by atoms with van der Waals surface area (Å²) in [5.74, 6) is 0.646. The highest BCUT2D eigenvalue weighted by molar-refractivity contribution is 5.91. The second kappa shape index (κ2) is 8.61. The number of amides is 2. The maximum atomic E-state index is 12.9. The average Bonchev–Trinajstić information content (AvgIpc) is 3.20. The predicted molar refractivity (Wildman–Crippen MR) is 102 cm³/mol. The lowest BCUT2D eigenvalue weighted by molar-refractivity contribution is -0.141. The minimum atomic E-state index is -0.0712. The Morgan fingerprint density at radius 2 is 1.79 bits per heavy atom. The number of carbonyl (C=O) groups excluding carboxylic acids is 2. The first-order valence-corrected chi connectivity index (χ1v) is 10.4. The van der Waals surface area contributed by atoms with Crippen LogP contribution >= 0.6 is 0 Å². The summed E-state index contributed by atoms with van der Waals surface area (Å²) in [4.78, 5) is 31.7. The van der Waals surface area contributed by atoms with Gasteiger partial charge in [-0.2, -0.15) is 0 Å². The Morgan fingerprint density at radius 3 is 2.46 bits per heavy atom. The molecule has 0 aliphatic carbocycles. The van der Waals surface area contributed by atoms with Crippen molar-refractivity contribution in [2.75, 3.05) is 52.5 Å². The van der Waals surface area contributed by atoms with Gasteiger partial charge >= 0.3 is 0 Å². The Bertz CT molecular complexity index is 692. The molecule has 1 aromatic heterocycles. The Hall–Kier alpha value is -1.93. The molecule has 0 radical (unpaired) electrons. The van der Waals surface area contributed by atoms with Crippen LogP contribution in [0.3, 0.4) is 0 Å². The minimum Gasteiger partial charge on any atom is -0.378 e. The molecule has 1 atom stereocenters. The largest absolute Gasteiger partial charge is 0.378 e. The molecule has 154 valence electrons. The molecular weight excluding hydrogens is 360 g/mol. The molecule has 0 N–H and O–H groups in total. The molecule has 8 heteroatoms. The van der Waals surface area contributed by atoms with Crippen LogP contribution in [-0.2, 0) is 9.53 Å². The number of morpholine rings is 1. The van der Waals surface area contributed by atoms with Gasteiger partial charge in [0.05, 0.1) is 24.8 Å². The first-order chi connectivity index (χ1) is 13.6. The van der Waals surface area contributed by atoms with Crippen molar-refractivity contribution < 1.29 is 18.8 Å². The zero-order valence-electron chi connectivity index (χ0n) is 16.6. The summed E-state index contributed by atoms with van der Waals surface area (Å²) < 4.78 is 10.5. The van der Waals surface area contributed by atoms with Gasteiger partial charge in [-0.3, -0.25) is 14.5 Å². The van der Waals surface area contributed by atoms with E-state index >= 15 is 0 Å². The molecule has 4 heterocycles. The Morgan fingerprint density at radius 1 is 1.04 bits per heavy atom. The number of nitrogens with zero attached hydrogens (tertiary/aromatic N) is 4. The van der Waals surface area contributed by atoms with Crippen molar-refractivity contribution in [3.05, 3.63) is 17.5 Å². The van der Waals surface area contributed by atoms with Crippen LogP contribution in [0.4, 0.5) is 0 Å². The zero-order chi connectivity index (χ0) is 19.5. The van der Waals surface area contributed by atoms with E-state index in [9.17, 15) is 9.59 Å². The van der Waals surface area contributed by atoms with Gasteiger partial charge in [-0.05, 0) is 39.2 Å². The van der Waals surface area contributed by atoms with Crippen LogP contribution in [0, 0.1) is 12.8 Å². The summed E-state index contributed by atoms with van der Waals surface area (Å²) in [6, 6.07) is 2.14. The molecule has 3 fully saturated rings. The lowest BCUT2D eigenvalue weighted by atomic mass is 9.92. The molecule has 0 bridgehead atoms. The van der Waals surface area contributed by atoms with Crippen LogP contribution in [0.15, 0.2) is 10.6 Å². The van der Waals surface area contributed by atoms with E-state index in [1.165, 1.54) is 0 Å². The van der Waals surface area contributed by atoms with E-state index in [-0.39, 0.29) is 11.8 Å². The first-order valence-electron chi connectivity index (χ1n) is 10.4. The standard InChI is InChI=1S/C20H30N4O4/c1-15-13-18(28-21-15)20(26)22-7-4-17(5-8-22)24-6-2-3-16(14-24)19(25)23-9-11-27-12-10-23/h13,16-17H,2-12,14H2,1H3/t16-/m0/s1. The quantitative estimate of drug-likeness (QED) is 0.771. The van der Waals surface area contributed by atoms with Gasteiger partial charge in [0.1, 0.15) is 0 Å². The molecule has 3 aliphatic heterocycles. The average molecular weight is 390 g/mol. The molecule has 0 spiro atoms. The van der Waals surface area contributed by atoms with Crippen molar-refractivity contribution in [1.82, 2.24) is 19.9 Å². The monoisotopic (exact) mass is 390 g/mol. The van der Waals surface area contributed by atoms with Crippen molar-refractivity contribution in [3.63, 3.8) is 0 Å². The van der Waals surface area contributed by atoms with Gasteiger partial charge in [0.2, 0.25) is 11.7 Å². The molecule has 3 saturated heterocycles. The van der Waals surface area contributed by atoms with Gasteiger partial charge < -0.3 is 19.1 Å². The van der Waals surface area contributed by atoms with Gasteiger partial charge in [0.15, 0.2) is 0 Å². The van der Waals surface area contributed by atoms with E-state index in [0.717, 1.165) is 70.6 Å². The zero-order valence-corrected chi connectivity index (χ0v) is 16.6. The van der Waals surface area contributed by atoms with E-state index in [1.807, 2.05) is 16.7 Å². The van der Waals surface area contributed by atoms with Crippen LogP contribution < -0.4 is 0 Å². The van der Waals surface area contributed by atoms with Crippen LogP contribution in [0.2, 0.25) is 0 Å². The van der Waals surface area contributed by atoms with Gasteiger partial charge in [-0.25, -0.2) is 0 Å². The minimum absolute atomic E-state index is 0.0712. The summed E-state index contributed by atoms with van der Waals surface area (Å²) in [5.41, 5.74) is 0.725. The third-order valence-corrected chi connectivity index (χ3v) is 6.23. The number of hydrogen-bond donors (Lipinski definition) is 0. The lowest BCUT2D eigenvalue weighted by Gasteiger charge is -2.42. The van der Waals surface area contributed by atoms with Crippen molar-refractivity contribution in [1.29, 1.82) is 0 Å². The van der Waals surface area contributed by atoms with E-state index in [0.29, 0.717) is 30.9 Å². The SMILES string of the molecule is Cc1cc(C(=O)N2CCC(N3CCC[C@H](C(=O)N4CCOCC4)C3)CC2)on1. The number of piperidine rings is 2. The maximum absolute atomic E-state index is 12.9. The topological polar surface area (TPSA) is 79.1 Å². The highest BCUT2D eigenvalue weighted by Crippen LogP contribution is 2.26. The second-order valence-electron chi connectivity index (χ2n) is 8.13. The van der Waals surface area contributed by atoms with Crippen LogP contribution in [0.5, 0.6) is 0 Å². The van der Waals surface area contributed by atoms with Crippen molar-refractivity contribution >= 4 is 11.8 Å². The molecule has 8 nitrogen and oxygen atoms in total. The number of aromatic nitrogens is 1. The number of aryl methyl sites for hydroxylation is 1. The summed E-state index contributed by atoms with van der Waals surface area (Å²) >= 11 is 0. The summed E-state index contributed by atoms with van der Waals surface area (Å²) in [6.07, 6.45) is 3.93. The Balaban J connectivity index is 1.29. The van der Waals surface area contributed by atoms with Crippen molar-refractivity contribution in [2.24, 2.45) is 5.92 Å². The molecule has 1 aromatic rings.